The minimum Gasteiger partial charge on any atom is -0.458 e. The highest BCUT2D eigenvalue weighted by Crippen LogP contribution is 2.24. The number of carbonyl (C=O) groups is 2. The summed E-state index contributed by atoms with van der Waals surface area (Å²) in [5.74, 6) is 0.263. The zero-order valence-electron chi connectivity index (χ0n) is 18.6. The molecule has 0 amide bonds. The third kappa shape index (κ3) is 10.8. The van der Waals surface area contributed by atoms with Crippen molar-refractivity contribution in [2.75, 3.05) is 13.2 Å². The number of rotatable bonds is 12. The Labute approximate surface area is 175 Å². The fraction of sp³-hybridized carbons (Fsp3) is 0.583. The fourth-order valence-corrected chi connectivity index (χ4v) is 3.12. The molecule has 0 radical (unpaired) electrons. The van der Waals surface area contributed by atoms with Gasteiger partial charge < -0.3 is 14.2 Å². The van der Waals surface area contributed by atoms with Crippen molar-refractivity contribution in [3.05, 3.63) is 47.5 Å². The average Bonchev–Trinajstić information content (AvgIpc) is 2.63. The van der Waals surface area contributed by atoms with Crippen LogP contribution in [0.5, 0.6) is 0 Å². The van der Waals surface area contributed by atoms with Gasteiger partial charge in [-0.05, 0) is 37.2 Å². The van der Waals surface area contributed by atoms with Gasteiger partial charge in [0.2, 0.25) is 0 Å². The number of allylic oxidation sites excluding steroid dienone is 1. The van der Waals surface area contributed by atoms with E-state index in [-0.39, 0.29) is 25.1 Å². The molecule has 0 bridgehead atoms. The van der Waals surface area contributed by atoms with Crippen LogP contribution in [0.3, 0.4) is 0 Å². The molecule has 0 aromatic heterocycles. The first-order valence-corrected chi connectivity index (χ1v) is 10.3. The van der Waals surface area contributed by atoms with Gasteiger partial charge in [-0.3, -0.25) is 4.79 Å². The van der Waals surface area contributed by atoms with E-state index in [2.05, 4.69) is 27.7 Å². The SMILES string of the molecule is CC(C)=CC(=O)OC[C@H](COCc1ccccc1)OC(=O)CC(C(C)C)C(C)C. The van der Waals surface area contributed by atoms with E-state index in [4.69, 9.17) is 14.2 Å². The summed E-state index contributed by atoms with van der Waals surface area (Å²) in [4.78, 5) is 24.3. The lowest BCUT2D eigenvalue weighted by Crippen LogP contribution is -2.31. The Morgan fingerprint density at radius 1 is 0.966 bits per heavy atom. The number of hydrogen-bond acceptors (Lipinski definition) is 5. The maximum Gasteiger partial charge on any atom is 0.330 e. The first kappa shape index (κ1) is 24.9. The van der Waals surface area contributed by atoms with E-state index in [0.717, 1.165) is 11.1 Å². The maximum atomic E-state index is 12.5. The molecule has 0 unspecified atom stereocenters. The second-order valence-corrected chi connectivity index (χ2v) is 8.32. The highest BCUT2D eigenvalue weighted by Gasteiger charge is 2.24. The molecule has 0 saturated heterocycles. The first-order chi connectivity index (χ1) is 13.7. The summed E-state index contributed by atoms with van der Waals surface area (Å²) < 4.78 is 16.6. The van der Waals surface area contributed by atoms with Crippen molar-refractivity contribution in [1.82, 2.24) is 0 Å². The number of hydrogen-bond donors (Lipinski definition) is 0. The van der Waals surface area contributed by atoms with Gasteiger partial charge in [-0.2, -0.15) is 0 Å². The average molecular weight is 405 g/mol. The first-order valence-electron chi connectivity index (χ1n) is 10.3. The Balaban J connectivity index is 2.65. The van der Waals surface area contributed by atoms with Crippen LogP contribution in [0.15, 0.2) is 42.0 Å². The van der Waals surface area contributed by atoms with Crippen molar-refractivity contribution in [2.45, 2.75) is 60.7 Å². The number of esters is 2. The van der Waals surface area contributed by atoms with E-state index < -0.39 is 12.1 Å². The molecule has 1 aromatic rings. The summed E-state index contributed by atoms with van der Waals surface area (Å²) in [6.45, 7) is 12.6. The topological polar surface area (TPSA) is 61.8 Å². The molecule has 0 fully saturated rings. The van der Waals surface area contributed by atoms with Gasteiger partial charge in [0.05, 0.1) is 13.2 Å². The van der Waals surface area contributed by atoms with Crippen LogP contribution in [0.25, 0.3) is 0 Å². The molecule has 0 N–H and O–H groups in total. The molecule has 0 heterocycles. The van der Waals surface area contributed by atoms with E-state index in [1.165, 1.54) is 6.08 Å². The molecule has 0 aliphatic carbocycles. The van der Waals surface area contributed by atoms with Crippen molar-refractivity contribution in [2.24, 2.45) is 17.8 Å². The van der Waals surface area contributed by atoms with Gasteiger partial charge in [-0.25, -0.2) is 4.79 Å². The lowest BCUT2D eigenvalue weighted by Gasteiger charge is -2.25. The van der Waals surface area contributed by atoms with E-state index in [0.29, 0.717) is 24.9 Å². The molecule has 1 atom stereocenters. The predicted molar refractivity (Wildman–Crippen MR) is 114 cm³/mol. The van der Waals surface area contributed by atoms with E-state index in [1.807, 2.05) is 44.2 Å². The normalized spacial score (nSPS) is 12.2. The number of benzene rings is 1. The molecule has 0 spiro atoms. The Kier molecular flexibility index (Phi) is 11.3. The van der Waals surface area contributed by atoms with E-state index in [1.54, 1.807) is 0 Å². The summed E-state index contributed by atoms with van der Waals surface area (Å²) in [6, 6.07) is 9.75. The van der Waals surface area contributed by atoms with Gasteiger partial charge in [0.1, 0.15) is 6.61 Å². The zero-order chi connectivity index (χ0) is 21.8. The maximum absolute atomic E-state index is 12.5. The van der Waals surface area contributed by atoms with Crippen LogP contribution < -0.4 is 0 Å². The number of ether oxygens (including phenoxy) is 3. The molecule has 29 heavy (non-hydrogen) atoms. The summed E-state index contributed by atoms with van der Waals surface area (Å²) in [5.41, 5.74) is 1.87. The summed E-state index contributed by atoms with van der Waals surface area (Å²) >= 11 is 0. The van der Waals surface area contributed by atoms with Crippen LogP contribution in [0.1, 0.15) is 53.5 Å². The quantitative estimate of drug-likeness (QED) is 0.365. The van der Waals surface area contributed by atoms with Gasteiger partial charge in [0.25, 0.3) is 0 Å². The van der Waals surface area contributed by atoms with E-state index >= 15 is 0 Å². The minimum absolute atomic E-state index is 0.0306. The molecule has 0 aliphatic rings. The second kappa shape index (κ2) is 13.2. The third-order valence-electron chi connectivity index (χ3n) is 4.65. The molecular weight excluding hydrogens is 368 g/mol. The Morgan fingerprint density at radius 2 is 1.59 bits per heavy atom. The molecule has 5 nitrogen and oxygen atoms in total. The summed E-state index contributed by atoms with van der Waals surface area (Å²) in [5, 5.41) is 0. The van der Waals surface area contributed by atoms with Crippen LogP contribution in [-0.4, -0.2) is 31.3 Å². The number of carbonyl (C=O) groups excluding carboxylic acids is 2. The van der Waals surface area contributed by atoms with Crippen molar-refractivity contribution < 1.29 is 23.8 Å². The lowest BCUT2D eigenvalue weighted by atomic mass is 9.83. The van der Waals surface area contributed by atoms with Gasteiger partial charge >= 0.3 is 11.9 Å². The van der Waals surface area contributed by atoms with Crippen molar-refractivity contribution >= 4 is 11.9 Å². The van der Waals surface area contributed by atoms with Crippen LogP contribution in [0.2, 0.25) is 0 Å². The largest absolute Gasteiger partial charge is 0.458 e. The molecule has 1 aromatic carbocycles. The van der Waals surface area contributed by atoms with Gasteiger partial charge in [0.15, 0.2) is 6.10 Å². The zero-order valence-corrected chi connectivity index (χ0v) is 18.6. The molecule has 1 rings (SSSR count). The molecule has 0 aliphatic heterocycles. The standard InChI is InChI=1S/C24H36O5/c1-17(2)12-23(25)28-16-21(15-27-14-20-10-8-7-9-11-20)29-24(26)13-22(18(3)4)19(5)6/h7-12,18-19,21-22H,13-16H2,1-6H3/t21-/m0/s1. The Hall–Kier alpha value is -2.14. The van der Waals surface area contributed by atoms with Gasteiger partial charge in [0, 0.05) is 12.5 Å². The smallest absolute Gasteiger partial charge is 0.330 e. The monoisotopic (exact) mass is 404 g/mol. The van der Waals surface area contributed by atoms with Gasteiger partial charge in [-0.15, -0.1) is 0 Å². The van der Waals surface area contributed by atoms with Crippen LogP contribution >= 0.6 is 0 Å². The van der Waals surface area contributed by atoms with Crippen LogP contribution in [0, 0.1) is 17.8 Å². The highest BCUT2D eigenvalue weighted by molar-refractivity contribution is 5.82. The molecule has 5 heteroatoms. The molecule has 162 valence electrons. The van der Waals surface area contributed by atoms with Crippen molar-refractivity contribution in [1.29, 1.82) is 0 Å². The lowest BCUT2D eigenvalue weighted by molar-refractivity contribution is -0.162. The Bertz CT molecular complexity index is 636. The summed E-state index contributed by atoms with van der Waals surface area (Å²) in [7, 11) is 0. The molecular formula is C24H36O5. The van der Waals surface area contributed by atoms with E-state index in [9.17, 15) is 9.59 Å². The molecule has 0 saturated carbocycles. The predicted octanol–water partition coefficient (Wildman–Crippen LogP) is 4.94. The Morgan fingerprint density at radius 3 is 2.14 bits per heavy atom. The van der Waals surface area contributed by atoms with Crippen molar-refractivity contribution in [3.8, 4) is 0 Å². The van der Waals surface area contributed by atoms with Crippen molar-refractivity contribution in [3.63, 3.8) is 0 Å². The third-order valence-corrected chi connectivity index (χ3v) is 4.65. The van der Waals surface area contributed by atoms with Crippen LogP contribution in [-0.2, 0) is 30.4 Å². The minimum atomic E-state index is -0.638. The highest BCUT2D eigenvalue weighted by atomic mass is 16.6. The fourth-order valence-electron chi connectivity index (χ4n) is 3.12. The second-order valence-electron chi connectivity index (χ2n) is 8.32. The van der Waals surface area contributed by atoms with Crippen LogP contribution in [0.4, 0.5) is 0 Å². The van der Waals surface area contributed by atoms with Gasteiger partial charge in [-0.1, -0.05) is 63.6 Å². The summed E-state index contributed by atoms with van der Waals surface area (Å²) in [6.07, 6.45) is 1.12.